The van der Waals surface area contributed by atoms with Crippen molar-refractivity contribution in [3.05, 3.63) is 35.8 Å². The number of aryl methyl sites for hydroxylation is 1. The maximum atomic E-state index is 6.03. The molecule has 0 aliphatic heterocycles. The van der Waals surface area contributed by atoms with Crippen LogP contribution in [0.15, 0.2) is 24.4 Å². The van der Waals surface area contributed by atoms with Gasteiger partial charge in [-0.15, -0.1) is 0 Å². The molecule has 0 atom stereocenters. The second-order valence-corrected chi connectivity index (χ2v) is 7.78. The highest BCUT2D eigenvalue weighted by atomic mass is 15.3. The van der Waals surface area contributed by atoms with Gasteiger partial charge < -0.3 is 5.73 Å². The number of nitrogens with zero attached hydrogens (tertiary/aromatic N) is 3. The summed E-state index contributed by atoms with van der Waals surface area (Å²) in [5, 5.41) is 4.49. The van der Waals surface area contributed by atoms with E-state index in [1.165, 1.54) is 55.5 Å². The first-order valence-corrected chi connectivity index (χ1v) is 9.42. The van der Waals surface area contributed by atoms with Crippen LogP contribution in [0.3, 0.4) is 0 Å². The van der Waals surface area contributed by atoms with Gasteiger partial charge >= 0.3 is 0 Å². The molecule has 0 unspecified atom stereocenters. The quantitative estimate of drug-likeness (QED) is 0.916. The van der Waals surface area contributed by atoms with Gasteiger partial charge in [0.05, 0.1) is 11.9 Å². The van der Waals surface area contributed by atoms with Crippen LogP contribution in [0.4, 0.5) is 0 Å². The zero-order valence-electron chi connectivity index (χ0n) is 14.6. The second-order valence-electron chi connectivity index (χ2n) is 7.78. The topological polar surface area (TPSA) is 56.7 Å². The van der Waals surface area contributed by atoms with Crippen LogP contribution in [0.25, 0.3) is 11.3 Å². The first kappa shape index (κ1) is 15.8. The number of hydrogen-bond donors (Lipinski definition) is 1. The maximum absolute atomic E-state index is 6.03. The first-order valence-electron chi connectivity index (χ1n) is 9.42. The molecule has 2 N–H and O–H groups in total. The molecule has 4 heteroatoms. The fraction of sp³-hybridized carbons (Fsp3) is 0.600. The Labute approximate surface area is 144 Å². The van der Waals surface area contributed by atoms with E-state index >= 15 is 0 Å². The van der Waals surface area contributed by atoms with Crippen molar-refractivity contribution in [1.29, 1.82) is 0 Å². The van der Waals surface area contributed by atoms with Crippen molar-refractivity contribution >= 4 is 0 Å². The Morgan fingerprint density at radius 1 is 1.04 bits per heavy atom. The number of rotatable bonds is 5. The summed E-state index contributed by atoms with van der Waals surface area (Å²) in [5.41, 5.74) is 10.9. The Morgan fingerprint density at radius 3 is 2.50 bits per heavy atom. The third-order valence-electron chi connectivity index (χ3n) is 5.71. The molecule has 0 spiro atoms. The summed E-state index contributed by atoms with van der Waals surface area (Å²) in [6.07, 6.45) is 11.8. The van der Waals surface area contributed by atoms with Gasteiger partial charge in [0.1, 0.15) is 0 Å². The summed E-state index contributed by atoms with van der Waals surface area (Å²) in [6.45, 7) is 0. The smallest absolute Gasteiger partial charge is 0.0739 e. The van der Waals surface area contributed by atoms with Gasteiger partial charge in [0.15, 0.2) is 0 Å². The number of aromatic nitrogens is 3. The SMILES string of the molecule is Cn1ncc(-c2cccc(CC3CCC(N)CC3)n2)c1CC1CC1. The monoisotopic (exact) mass is 324 g/mol. The molecule has 24 heavy (non-hydrogen) atoms. The number of pyridine rings is 1. The van der Waals surface area contributed by atoms with Crippen molar-refractivity contribution < 1.29 is 0 Å². The summed E-state index contributed by atoms with van der Waals surface area (Å²) in [7, 11) is 2.05. The van der Waals surface area contributed by atoms with Gasteiger partial charge in [-0.1, -0.05) is 6.07 Å². The second kappa shape index (κ2) is 6.67. The molecule has 2 aromatic rings. The van der Waals surface area contributed by atoms with Gasteiger partial charge in [-0.05, 0) is 75.3 Å². The van der Waals surface area contributed by atoms with E-state index in [4.69, 9.17) is 10.7 Å². The average Bonchev–Trinajstić information content (AvgIpc) is 3.33. The Bertz CT molecular complexity index is 693. The lowest BCUT2D eigenvalue weighted by Crippen LogP contribution is -2.27. The van der Waals surface area contributed by atoms with E-state index in [0.717, 1.165) is 30.4 Å². The molecule has 2 aliphatic rings. The Hall–Kier alpha value is -1.68. The van der Waals surface area contributed by atoms with E-state index in [-0.39, 0.29) is 0 Å². The average molecular weight is 324 g/mol. The van der Waals surface area contributed by atoms with Crippen molar-refractivity contribution in [2.75, 3.05) is 0 Å². The molecule has 128 valence electrons. The largest absolute Gasteiger partial charge is 0.328 e. The summed E-state index contributed by atoms with van der Waals surface area (Å²) in [6, 6.07) is 6.88. The van der Waals surface area contributed by atoms with E-state index in [9.17, 15) is 0 Å². The minimum Gasteiger partial charge on any atom is -0.328 e. The van der Waals surface area contributed by atoms with Crippen LogP contribution in [-0.2, 0) is 19.9 Å². The number of hydrogen-bond acceptors (Lipinski definition) is 3. The van der Waals surface area contributed by atoms with Crippen LogP contribution in [0, 0.1) is 11.8 Å². The van der Waals surface area contributed by atoms with Crippen molar-refractivity contribution in [2.24, 2.45) is 24.6 Å². The van der Waals surface area contributed by atoms with Crippen molar-refractivity contribution in [1.82, 2.24) is 14.8 Å². The highest BCUT2D eigenvalue weighted by Gasteiger charge is 2.25. The molecule has 2 heterocycles. The summed E-state index contributed by atoms with van der Waals surface area (Å²) in [4.78, 5) is 4.97. The van der Waals surface area contributed by atoms with Crippen LogP contribution in [0.2, 0.25) is 0 Å². The Morgan fingerprint density at radius 2 is 1.75 bits per heavy atom. The third-order valence-corrected chi connectivity index (χ3v) is 5.71. The minimum absolute atomic E-state index is 0.418. The molecule has 4 rings (SSSR count). The molecule has 0 saturated heterocycles. The van der Waals surface area contributed by atoms with E-state index in [1.54, 1.807) is 0 Å². The molecular formula is C20H28N4. The van der Waals surface area contributed by atoms with Crippen LogP contribution in [0.1, 0.15) is 49.9 Å². The molecule has 2 saturated carbocycles. The van der Waals surface area contributed by atoms with Crippen molar-refractivity contribution in [3.8, 4) is 11.3 Å². The van der Waals surface area contributed by atoms with Crippen molar-refractivity contribution in [3.63, 3.8) is 0 Å². The summed E-state index contributed by atoms with van der Waals surface area (Å²) < 4.78 is 2.03. The fourth-order valence-electron chi connectivity index (χ4n) is 3.95. The van der Waals surface area contributed by atoms with Gasteiger partial charge in [0.25, 0.3) is 0 Å². The lowest BCUT2D eigenvalue weighted by Gasteiger charge is -2.25. The van der Waals surface area contributed by atoms with E-state index < -0.39 is 0 Å². The van der Waals surface area contributed by atoms with E-state index in [0.29, 0.717) is 6.04 Å². The molecule has 0 amide bonds. The van der Waals surface area contributed by atoms with Crippen LogP contribution in [0.5, 0.6) is 0 Å². The minimum atomic E-state index is 0.418. The molecule has 2 aliphatic carbocycles. The lowest BCUT2D eigenvalue weighted by molar-refractivity contribution is 0.323. The predicted molar refractivity (Wildman–Crippen MR) is 96.5 cm³/mol. The number of nitrogens with two attached hydrogens (primary N) is 1. The van der Waals surface area contributed by atoms with E-state index in [1.807, 2.05) is 10.9 Å². The lowest BCUT2D eigenvalue weighted by atomic mass is 9.83. The fourth-order valence-corrected chi connectivity index (χ4v) is 3.95. The van der Waals surface area contributed by atoms with Crippen molar-refractivity contribution in [2.45, 2.75) is 57.4 Å². The predicted octanol–water partition coefficient (Wildman–Crippen LogP) is 3.49. The zero-order chi connectivity index (χ0) is 16.5. The summed E-state index contributed by atoms with van der Waals surface area (Å²) >= 11 is 0. The Kier molecular flexibility index (Phi) is 4.40. The molecule has 0 radical (unpaired) electrons. The molecule has 0 bridgehead atoms. The van der Waals surface area contributed by atoms with Gasteiger partial charge in [-0.3, -0.25) is 9.67 Å². The maximum Gasteiger partial charge on any atom is 0.0739 e. The Balaban J connectivity index is 1.52. The molecular weight excluding hydrogens is 296 g/mol. The van der Waals surface area contributed by atoms with E-state index in [2.05, 4.69) is 30.3 Å². The van der Waals surface area contributed by atoms with Gasteiger partial charge in [0, 0.05) is 30.0 Å². The summed E-state index contributed by atoms with van der Waals surface area (Å²) in [5.74, 6) is 1.60. The van der Waals surface area contributed by atoms with Gasteiger partial charge in [-0.25, -0.2) is 0 Å². The highest BCUT2D eigenvalue weighted by molar-refractivity contribution is 5.61. The first-order chi connectivity index (χ1) is 11.7. The third kappa shape index (κ3) is 3.54. The van der Waals surface area contributed by atoms with Gasteiger partial charge in [-0.2, -0.15) is 5.10 Å². The molecule has 2 aromatic heterocycles. The molecule has 0 aromatic carbocycles. The van der Waals surface area contributed by atoms with Crippen LogP contribution in [-0.4, -0.2) is 20.8 Å². The molecule has 2 fully saturated rings. The highest BCUT2D eigenvalue weighted by Crippen LogP contribution is 2.35. The van der Waals surface area contributed by atoms with Crippen LogP contribution < -0.4 is 5.73 Å². The van der Waals surface area contributed by atoms with Crippen LogP contribution >= 0.6 is 0 Å². The van der Waals surface area contributed by atoms with Gasteiger partial charge in [0.2, 0.25) is 0 Å². The zero-order valence-corrected chi connectivity index (χ0v) is 14.6. The normalized spacial score (nSPS) is 24.2. The molecule has 4 nitrogen and oxygen atoms in total. The standard InChI is InChI=1S/C20H28N4/c1-24-20(12-15-5-6-15)18(13-22-24)19-4-2-3-17(23-19)11-14-7-9-16(21)10-8-14/h2-4,13-16H,5-12,21H2,1H3.